The Morgan fingerprint density at radius 1 is 1.21 bits per heavy atom. The molecule has 0 spiro atoms. The molecule has 4 rings (SSSR count). The number of piperazine rings is 1. The van der Waals surface area contributed by atoms with Gasteiger partial charge in [0.05, 0.1) is 12.7 Å². The Bertz CT molecular complexity index is 778. The largest absolute Gasteiger partial charge is 0.492 e. The van der Waals surface area contributed by atoms with Gasteiger partial charge in [-0.05, 0) is 31.4 Å². The van der Waals surface area contributed by atoms with Gasteiger partial charge in [0, 0.05) is 44.2 Å². The molecule has 6 heteroatoms. The zero-order chi connectivity index (χ0) is 19.3. The van der Waals surface area contributed by atoms with E-state index in [1.165, 1.54) is 17.8 Å². The molecular formula is C22H28N2O3S. The molecule has 0 N–H and O–H groups in total. The minimum atomic E-state index is 0.0902. The third-order valence-corrected chi connectivity index (χ3v) is 6.55. The van der Waals surface area contributed by atoms with Crippen LogP contribution in [0.25, 0.3) is 10.4 Å². The number of amides is 1. The average molecular weight is 401 g/mol. The molecule has 2 fully saturated rings. The zero-order valence-electron chi connectivity index (χ0n) is 16.4. The molecule has 0 saturated carbocycles. The Hall–Kier alpha value is -1.89. The fourth-order valence-electron chi connectivity index (χ4n) is 3.88. The number of carbonyl (C=O) groups excluding carboxylic acids is 1. The normalized spacial score (nSPS) is 20.5. The van der Waals surface area contributed by atoms with Gasteiger partial charge >= 0.3 is 0 Å². The van der Waals surface area contributed by atoms with Crippen LogP contribution in [0.5, 0.6) is 5.75 Å². The topological polar surface area (TPSA) is 42.0 Å². The van der Waals surface area contributed by atoms with E-state index in [9.17, 15) is 4.79 Å². The summed E-state index contributed by atoms with van der Waals surface area (Å²) in [5.74, 6) is 0.797. The van der Waals surface area contributed by atoms with Crippen molar-refractivity contribution in [2.45, 2.75) is 25.9 Å². The molecule has 1 unspecified atom stereocenters. The second kappa shape index (κ2) is 9.07. The van der Waals surface area contributed by atoms with Crippen molar-refractivity contribution in [2.24, 2.45) is 0 Å². The highest BCUT2D eigenvalue weighted by Crippen LogP contribution is 2.37. The van der Waals surface area contributed by atoms with Crippen LogP contribution < -0.4 is 4.74 Å². The smallest absolute Gasteiger partial charge is 0.267 e. The number of hydrogen-bond donors (Lipinski definition) is 0. The lowest BCUT2D eigenvalue weighted by Gasteiger charge is -2.35. The van der Waals surface area contributed by atoms with Crippen molar-refractivity contribution in [1.82, 2.24) is 9.80 Å². The number of nitrogens with zero attached hydrogens (tertiary/aromatic N) is 2. The van der Waals surface area contributed by atoms with Gasteiger partial charge in [-0.2, -0.15) is 0 Å². The van der Waals surface area contributed by atoms with Gasteiger partial charge in [0.15, 0.2) is 0 Å². The van der Waals surface area contributed by atoms with Crippen molar-refractivity contribution in [3.8, 4) is 16.2 Å². The average Bonchev–Trinajstić information content (AvgIpc) is 3.39. The summed E-state index contributed by atoms with van der Waals surface area (Å²) in [6.45, 7) is 7.73. The van der Waals surface area contributed by atoms with Crippen molar-refractivity contribution in [3.05, 3.63) is 41.3 Å². The molecule has 5 nitrogen and oxygen atoms in total. The quantitative estimate of drug-likeness (QED) is 0.741. The lowest BCUT2D eigenvalue weighted by Crippen LogP contribution is -2.50. The van der Waals surface area contributed by atoms with E-state index in [0.29, 0.717) is 23.3 Å². The molecule has 2 aliphatic heterocycles. The van der Waals surface area contributed by atoms with Gasteiger partial charge in [0.2, 0.25) is 0 Å². The fraction of sp³-hybridized carbons (Fsp3) is 0.500. The van der Waals surface area contributed by atoms with Crippen LogP contribution in [0, 0.1) is 0 Å². The molecule has 3 heterocycles. The highest BCUT2D eigenvalue weighted by molar-refractivity contribution is 7.17. The second-order valence-electron chi connectivity index (χ2n) is 7.33. The molecule has 2 aromatic rings. The first kappa shape index (κ1) is 19.4. The molecule has 0 radical (unpaired) electrons. The van der Waals surface area contributed by atoms with Gasteiger partial charge in [-0.25, -0.2) is 0 Å². The summed E-state index contributed by atoms with van der Waals surface area (Å²) in [7, 11) is 0. The Morgan fingerprint density at radius 2 is 2.00 bits per heavy atom. The lowest BCUT2D eigenvalue weighted by atomic mass is 10.2. The van der Waals surface area contributed by atoms with Crippen molar-refractivity contribution in [2.75, 3.05) is 45.9 Å². The Kier molecular flexibility index (Phi) is 6.29. The van der Waals surface area contributed by atoms with E-state index in [4.69, 9.17) is 9.47 Å². The first-order chi connectivity index (χ1) is 13.7. The van der Waals surface area contributed by atoms with Crippen LogP contribution in [0.3, 0.4) is 0 Å². The highest BCUT2D eigenvalue weighted by atomic mass is 32.1. The van der Waals surface area contributed by atoms with Crippen LogP contribution in [-0.2, 0) is 4.74 Å². The Morgan fingerprint density at radius 3 is 2.68 bits per heavy atom. The first-order valence-corrected chi connectivity index (χ1v) is 11.0. The Labute approximate surface area is 170 Å². The third-order valence-electron chi connectivity index (χ3n) is 5.40. The summed E-state index contributed by atoms with van der Waals surface area (Å²) in [6.07, 6.45) is 2.71. The van der Waals surface area contributed by atoms with E-state index in [1.807, 2.05) is 36.1 Å². The number of hydrogen-bond acceptors (Lipinski definition) is 5. The number of rotatable bonds is 6. The van der Waals surface area contributed by atoms with Gasteiger partial charge in [0.1, 0.15) is 10.6 Å². The monoisotopic (exact) mass is 400 g/mol. The van der Waals surface area contributed by atoms with Gasteiger partial charge in [-0.3, -0.25) is 9.69 Å². The molecule has 2 aliphatic rings. The number of carbonyl (C=O) groups is 1. The summed E-state index contributed by atoms with van der Waals surface area (Å²) in [5, 5.41) is 0. The van der Waals surface area contributed by atoms with Gasteiger partial charge in [-0.15, -0.1) is 11.3 Å². The van der Waals surface area contributed by atoms with Crippen molar-refractivity contribution in [1.29, 1.82) is 0 Å². The SMILES string of the molecule is CCOc1cc(-c2ccccc2)sc1C(=O)N1CCN(CC2CCCO2)CC1. The summed E-state index contributed by atoms with van der Waals surface area (Å²) in [4.78, 5) is 19.4. The number of ether oxygens (including phenoxy) is 2. The van der Waals surface area contributed by atoms with Crippen molar-refractivity contribution < 1.29 is 14.3 Å². The number of benzene rings is 1. The van der Waals surface area contributed by atoms with Crippen molar-refractivity contribution >= 4 is 17.2 Å². The lowest BCUT2D eigenvalue weighted by molar-refractivity contribution is 0.0433. The third kappa shape index (κ3) is 4.40. The second-order valence-corrected chi connectivity index (χ2v) is 8.38. The molecule has 28 heavy (non-hydrogen) atoms. The number of thiophene rings is 1. The van der Waals surface area contributed by atoms with Crippen LogP contribution in [-0.4, -0.2) is 67.7 Å². The fourth-order valence-corrected chi connectivity index (χ4v) is 4.96. The van der Waals surface area contributed by atoms with Gasteiger partial charge in [-0.1, -0.05) is 30.3 Å². The van der Waals surface area contributed by atoms with Crippen molar-refractivity contribution in [3.63, 3.8) is 0 Å². The molecule has 2 saturated heterocycles. The van der Waals surface area contributed by atoms with E-state index in [2.05, 4.69) is 17.0 Å². The molecule has 0 aliphatic carbocycles. The first-order valence-electron chi connectivity index (χ1n) is 10.2. The van der Waals surface area contributed by atoms with E-state index in [0.717, 1.165) is 56.2 Å². The zero-order valence-corrected chi connectivity index (χ0v) is 17.2. The van der Waals surface area contributed by atoms with Crippen LogP contribution in [0.4, 0.5) is 0 Å². The summed E-state index contributed by atoms with van der Waals surface area (Å²) in [6, 6.07) is 12.2. The molecule has 1 amide bonds. The van der Waals surface area contributed by atoms with E-state index in [-0.39, 0.29) is 5.91 Å². The highest BCUT2D eigenvalue weighted by Gasteiger charge is 2.28. The van der Waals surface area contributed by atoms with E-state index < -0.39 is 0 Å². The molecule has 150 valence electrons. The van der Waals surface area contributed by atoms with E-state index >= 15 is 0 Å². The summed E-state index contributed by atoms with van der Waals surface area (Å²) < 4.78 is 11.5. The van der Waals surface area contributed by atoms with Crippen LogP contribution >= 0.6 is 11.3 Å². The predicted molar refractivity (Wildman–Crippen MR) is 112 cm³/mol. The van der Waals surface area contributed by atoms with Crippen LogP contribution in [0.1, 0.15) is 29.4 Å². The molecule has 1 atom stereocenters. The maximum atomic E-state index is 13.2. The van der Waals surface area contributed by atoms with Crippen LogP contribution in [0.15, 0.2) is 36.4 Å². The van der Waals surface area contributed by atoms with Gasteiger partial charge < -0.3 is 14.4 Å². The molecule has 0 bridgehead atoms. The Balaban J connectivity index is 1.43. The predicted octanol–water partition coefficient (Wildman–Crippen LogP) is 3.75. The van der Waals surface area contributed by atoms with Gasteiger partial charge in [0.25, 0.3) is 5.91 Å². The minimum absolute atomic E-state index is 0.0902. The minimum Gasteiger partial charge on any atom is -0.492 e. The molecular weight excluding hydrogens is 372 g/mol. The van der Waals surface area contributed by atoms with E-state index in [1.54, 1.807) is 0 Å². The standard InChI is InChI=1S/C22H28N2O3S/c1-2-26-19-15-20(17-7-4-3-5-8-17)28-21(19)22(25)24-12-10-23(11-13-24)16-18-9-6-14-27-18/h3-5,7-8,15,18H,2,6,9-14,16H2,1H3. The van der Waals surface area contributed by atoms with Crippen LogP contribution in [0.2, 0.25) is 0 Å². The maximum Gasteiger partial charge on any atom is 0.267 e. The molecule has 1 aromatic heterocycles. The molecule has 1 aromatic carbocycles. The summed E-state index contributed by atoms with van der Waals surface area (Å²) in [5.41, 5.74) is 1.12. The summed E-state index contributed by atoms with van der Waals surface area (Å²) >= 11 is 1.53. The maximum absolute atomic E-state index is 13.2.